The zero-order valence-corrected chi connectivity index (χ0v) is 10.3. The Hall–Kier alpha value is -1.98. The van der Waals surface area contributed by atoms with Gasteiger partial charge in [0.2, 0.25) is 11.8 Å². The van der Waals surface area contributed by atoms with Gasteiger partial charge in [0.1, 0.15) is 5.75 Å². The molecule has 1 aliphatic rings. The topological polar surface area (TPSA) is 55.4 Å². The number of para-hydroxylation sites is 1. The molecule has 1 aromatic carbocycles. The molecule has 19 heavy (non-hydrogen) atoms. The van der Waals surface area contributed by atoms with E-state index in [1.54, 1.807) is 25.1 Å². The van der Waals surface area contributed by atoms with Crippen molar-refractivity contribution in [2.45, 2.75) is 31.8 Å². The maximum atomic E-state index is 12.4. The fourth-order valence-electron chi connectivity index (χ4n) is 2.37. The third-order valence-corrected chi connectivity index (χ3v) is 3.13. The first-order chi connectivity index (χ1) is 8.90. The van der Waals surface area contributed by atoms with Gasteiger partial charge in [-0.15, -0.1) is 0 Å². The maximum absolute atomic E-state index is 12.4. The number of piperidine rings is 1. The van der Waals surface area contributed by atoms with Gasteiger partial charge in [-0.1, -0.05) is 25.1 Å². The van der Waals surface area contributed by atoms with Gasteiger partial charge < -0.3 is 4.74 Å². The van der Waals surface area contributed by atoms with E-state index in [0.29, 0.717) is 5.56 Å². The van der Waals surface area contributed by atoms with Crippen LogP contribution in [0.15, 0.2) is 24.3 Å². The second-order valence-electron chi connectivity index (χ2n) is 4.76. The van der Waals surface area contributed by atoms with Crippen LogP contribution < -0.4 is 10.1 Å². The minimum Gasteiger partial charge on any atom is -0.435 e. The van der Waals surface area contributed by atoms with Crippen LogP contribution in [0.25, 0.3) is 0 Å². The number of alkyl halides is 2. The highest BCUT2D eigenvalue weighted by Gasteiger charge is 2.39. The quantitative estimate of drug-likeness (QED) is 0.854. The lowest BCUT2D eigenvalue weighted by atomic mass is 9.74. The smallest absolute Gasteiger partial charge is 0.387 e. The summed E-state index contributed by atoms with van der Waals surface area (Å²) in [5.41, 5.74) is -0.385. The zero-order chi connectivity index (χ0) is 14.0. The van der Waals surface area contributed by atoms with E-state index in [4.69, 9.17) is 0 Å². The number of carbonyl (C=O) groups excluding carboxylic acids is 2. The lowest BCUT2D eigenvalue weighted by molar-refractivity contribution is -0.135. The summed E-state index contributed by atoms with van der Waals surface area (Å²) in [4.78, 5) is 23.0. The van der Waals surface area contributed by atoms with Gasteiger partial charge in [-0.05, 0) is 6.07 Å². The van der Waals surface area contributed by atoms with E-state index in [0.717, 1.165) is 0 Å². The van der Waals surface area contributed by atoms with E-state index >= 15 is 0 Å². The van der Waals surface area contributed by atoms with Crippen molar-refractivity contribution in [3.05, 3.63) is 29.8 Å². The van der Waals surface area contributed by atoms with Crippen LogP contribution in [0.1, 0.15) is 25.3 Å². The summed E-state index contributed by atoms with van der Waals surface area (Å²) in [6.45, 7) is -1.25. The number of hydrogen-bond acceptors (Lipinski definition) is 3. The highest BCUT2D eigenvalue weighted by molar-refractivity contribution is 5.99. The van der Waals surface area contributed by atoms with Crippen LogP contribution in [0.2, 0.25) is 0 Å². The van der Waals surface area contributed by atoms with Crippen molar-refractivity contribution in [2.24, 2.45) is 0 Å². The molecule has 1 N–H and O–H groups in total. The van der Waals surface area contributed by atoms with Crippen LogP contribution in [0.3, 0.4) is 0 Å². The van der Waals surface area contributed by atoms with Crippen molar-refractivity contribution in [2.75, 3.05) is 0 Å². The van der Waals surface area contributed by atoms with Gasteiger partial charge in [0.05, 0.1) is 0 Å². The van der Waals surface area contributed by atoms with E-state index in [1.165, 1.54) is 6.07 Å². The standard InChI is InChI=1S/C13H13F2NO3/c1-13(6-10(17)16-11(18)7-13)8-4-2-3-5-9(8)19-12(14)15/h2-5,12H,6-7H2,1H3,(H,16,17,18). The van der Waals surface area contributed by atoms with Gasteiger partial charge in [-0.3, -0.25) is 14.9 Å². The second kappa shape index (κ2) is 4.95. The highest BCUT2D eigenvalue weighted by Crippen LogP contribution is 2.39. The summed E-state index contributed by atoms with van der Waals surface area (Å²) < 4.78 is 29.2. The van der Waals surface area contributed by atoms with Crippen LogP contribution in [-0.4, -0.2) is 18.4 Å². The molecule has 1 fully saturated rings. The van der Waals surface area contributed by atoms with E-state index in [9.17, 15) is 18.4 Å². The summed E-state index contributed by atoms with van der Waals surface area (Å²) >= 11 is 0. The number of benzene rings is 1. The third-order valence-electron chi connectivity index (χ3n) is 3.13. The first-order valence-electron chi connectivity index (χ1n) is 5.78. The Morgan fingerprint density at radius 3 is 2.37 bits per heavy atom. The Labute approximate surface area is 108 Å². The van der Waals surface area contributed by atoms with Gasteiger partial charge >= 0.3 is 6.61 Å². The molecule has 6 heteroatoms. The van der Waals surface area contributed by atoms with Crippen molar-refractivity contribution in [1.82, 2.24) is 5.32 Å². The fraction of sp³-hybridized carbons (Fsp3) is 0.385. The average molecular weight is 269 g/mol. The van der Waals surface area contributed by atoms with Crippen molar-refractivity contribution in [3.8, 4) is 5.75 Å². The minimum absolute atomic E-state index is 0.00231. The number of hydrogen-bond donors (Lipinski definition) is 1. The lowest BCUT2D eigenvalue weighted by Crippen LogP contribution is -2.45. The largest absolute Gasteiger partial charge is 0.435 e. The summed E-state index contributed by atoms with van der Waals surface area (Å²) in [6.07, 6.45) is 0.116. The molecule has 0 bridgehead atoms. The normalized spacial score (nSPS) is 18.3. The Kier molecular flexibility index (Phi) is 3.50. The van der Waals surface area contributed by atoms with E-state index in [1.807, 2.05) is 0 Å². The Morgan fingerprint density at radius 2 is 1.79 bits per heavy atom. The molecule has 0 aliphatic carbocycles. The Balaban J connectivity index is 2.39. The SMILES string of the molecule is CC1(c2ccccc2OC(F)F)CC(=O)NC(=O)C1. The molecule has 2 rings (SSSR count). The molecule has 102 valence electrons. The van der Waals surface area contributed by atoms with Crippen molar-refractivity contribution >= 4 is 11.8 Å². The number of ether oxygens (including phenoxy) is 1. The van der Waals surface area contributed by atoms with Crippen LogP contribution in [0.5, 0.6) is 5.75 Å². The van der Waals surface area contributed by atoms with Gasteiger partial charge in [-0.25, -0.2) is 0 Å². The summed E-state index contributed by atoms with van der Waals surface area (Å²) in [5, 5.41) is 2.20. The fourth-order valence-corrected chi connectivity index (χ4v) is 2.37. The predicted octanol–water partition coefficient (Wildman–Crippen LogP) is 1.98. The lowest BCUT2D eigenvalue weighted by Gasteiger charge is -2.33. The summed E-state index contributed by atoms with van der Waals surface area (Å²) in [6, 6.07) is 6.23. The second-order valence-corrected chi connectivity index (χ2v) is 4.76. The highest BCUT2D eigenvalue weighted by atomic mass is 19.3. The van der Waals surface area contributed by atoms with E-state index < -0.39 is 23.8 Å². The third kappa shape index (κ3) is 2.89. The Morgan fingerprint density at radius 1 is 1.21 bits per heavy atom. The zero-order valence-electron chi connectivity index (χ0n) is 10.3. The molecule has 1 aliphatic heterocycles. The van der Waals surface area contributed by atoms with Crippen LogP contribution in [0, 0.1) is 0 Å². The van der Waals surface area contributed by atoms with Crippen molar-refractivity contribution in [3.63, 3.8) is 0 Å². The molecule has 1 heterocycles. The maximum Gasteiger partial charge on any atom is 0.387 e. The van der Waals surface area contributed by atoms with Gasteiger partial charge in [0, 0.05) is 23.8 Å². The van der Waals surface area contributed by atoms with Crippen LogP contribution in [-0.2, 0) is 15.0 Å². The van der Waals surface area contributed by atoms with Gasteiger partial charge in [0.15, 0.2) is 0 Å². The molecular weight excluding hydrogens is 256 g/mol. The molecule has 0 radical (unpaired) electrons. The number of halogens is 2. The van der Waals surface area contributed by atoms with E-state index in [-0.39, 0.29) is 18.6 Å². The van der Waals surface area contributed by atoms with Crippen molar-refractivity contribution < 1.29 is 23.1 Å². The molecule has 0 unspecified atom stereocenters. The molecule has 2 amide bonds. The van der Waals surface area contributed by atoms with Gasteiger partial charge in [-0.2, -0.15) is 8.78 Å². The molecular formula is C13H13F2NO3. The number of amides is 2. The monoisotopic (exact) mass is 269 g/mol. The van der Waals surface area contributed by atoms with Crippen LogP contribution in [0.4, 0.5) is 8.78 Å². The number of rotatable bonds is 3. The number of imide groups is 1. The van der Waals surface area contributed by atoms with E-state index in [2.05, 4.69) is 10.1 Å². The molecule has 1 aromatic rings. The van der Waals surface area contributed by atoms with Crippen molar-refractivity contribution in [1.29, 1.82) is 0 Å². The first-order valence-corrected chi connectivity index (χ1v) is 5.78. The average Bonchev–Trinajstić information content (AvgIpc) is 2.26. The minimum atomic E-state index is -2.95. The molecule has 1 saturated heterocycles. The molecule has 0 saturated carbocycles. The Bertz CT molecular complexity index is 500. The number of carbonyl (C=O) groups is 2. The summed E-state index contributed by atoms with van der Waals surface area (Å²) in [5.74, 6) is -0.821. The molecule has 0 spiro atoms. The predicted molar refractivity (Wildman–Crippen MR) is 62.8 cm³/mol. The summed E-state index contributed by atoms with van der Waals surface area (Å²) in [7, 11) is 0. The van der Waals surface area contributed by atoms with Gasteiger partial charge in [0.25, 0.3) is 0 Å². The molecule has 0 aromatic heterocycles. The first kappa shape index (κ1) is 13.5. The number of nitrogens with one attached hydrogen (secondary N) is 1. The molecule has 4 nitrogen and oxygen atoms in total. The van der Waals surface area contributed by atoms with Crippen LogP contribution >= 0.6 is 0 Å². The molecule has 0 atom stereocenters.